The zero-order valence-corrected chi connectivity index (χ0v) is 11.8. The molecule has 1 N–H and O–H groups in total. The van der Waals surface area contributed by atoms with Crippen molar-refractivity contribution in [1.82, 2.24) is 29.7 Å². The molecule has 0 aliphatic carbocycles. The molecule has 0 atom stereocenters. The number of aromatic amines is 1. The molecule has 0 saturated carbocycles. The lowest BCUT2D eigenvalue weighted by Gasteiger charge is -2.02. The molecule has 104 valence electrons. The van der Waals surface area contributed by atoms with E-state index in [2.05, 4.69) is 25.1 Å². The molecule has 8 nitrogen and oxygen atoms in total. The van der Waals surface area contributed by atoms with Gasteiger partial charge in [0, 0.05) is 13.0 Å². The summed E-state index contributed by atoms with van der Waals surface area (Å²) in [5.41, 5.74) is 1.37. The Kier molecular flexibility index (Phi) is 3.18. The van der Waals surface area contributed by atoms with Crippen molar-refractivity contribution in [3.05, 3.63) is 22.8 Å². The molecule has 0 aliphatic rings. The summed E-state index contributed by atoms with van der Waals surface area (Å²) in [6.45, 7) is 2.36. The van der Waals surface area contributed by atoms with E-state index in [9.17, 15) is 0 Å². The van der Waals surface area contributed by atoms with E-state index >= 15 is 0 Å². The van der Waals surface area contributed by atoms with Crippen molar-refractivity contribution >= 4 is 23.4 Å². The van der Waals surface area contributed by atoms with Gasteiger partial charge in [0.15, 0.2) is 16.2 Å². The number of hydrogen-bond acceptors (Lipinski definition) is 7. The Morgan fingerprint density at radius 2 is 2.30 bits per heavy atom. The average molecular weight is 292 g/mol. The number of aryl methyl sites for hydroxylation is 3. The number of ether oxygens (including phenoxy) is 1. The molecule has 0 bridgehead atoms. The molecule has 3 aromatic rings. The van der Waals surface area contributed by atoms with Gasteiger partial charge in [-0.2, -0.15) is 9.97 Å². The van der Waals surface area contributed by atoms with Crippen LogP contribution in [0.3, 0.4) is 0 Å². The Hall–Kier alpha value is -2.29. The van der Waals surface area contributed by atoms with Gasteiger partial charge in [0.25, 0.3) is 0 Å². The molecule has 0 amide bonds. The predicted molar refractivity (Wildman–Crippen MR) is 72.0 cm³/mol. The fraction of sp³-hybridized carbons (Fsp3) is 0.364. The first-order valence-corrected chi connectivity index (χ1v) is 6.36. The standard InChI is InChI=1S/C11H12N6O2S/c1-6-14-7(19-16-6)3-4-17-9-8(15-11(17)20)10(18-2)13-5-12-9/h5H,3-4H2,1-2H3,(H,15,20). The average Bonchev–Trinajstić information content (AvgIpc) is 2.99. The summed E-state index contributed by atoms with van der Waals surface area (Å²) in [7, 11) is 1.55. The third kappa shape index (κ3) is 2.16. The molecule has 20 heavy (non-hydrogen) atoms. The topological polar surface area (TPSA) is 94.7 Å². The van der Waals surface area contributed by atoms with Crippen LogP contribution in [0.2, 0.25) is 0 Å². The van der Waals surface area contributed by atoms with E-state index in [1.54, 1.807) is 14.0 Å². The van der Waals surface area contributed by atoms with Crippen LogP contribution in [-0.4, -0.2) is 36.8 Å². The van der Waals surface area contributed by atoms with Crippen molar-refractivity contribution in [3.8, 4) is 5.88 Å². The number of H-pyrrole nitrogens is 1. The zero-order chi connectivity index (χ0) is 14.1. The summed E-state index contributed by atoms with van der Waals surface area (Å²) >= 11 is 5.30. The second kappa shape index (κ2) is 5.00. The van der Waals surface area contributed by atoms with E-state index in [-0.39, 0.29) is 0 Å². The van der Waals surface area contributed by atoms with E-state index in [1.165, 1.54) is 6.33 Å². The Labute approximate surface area is 118 Å². The summed E-state index contributed by atoms with van der Waals surface area (Å²) < 4.78 is 12.7. The number of fused-ring (bicyclic) bond motifs is 1. The zero-order valence-electron chi connectivity index (χ0n) is 11.0. The van der Waals surface area contributed by atoms with Crippen molar-refractivity contribution in [2.24, 2.45) is 0 Å². The highest BCUT2D eigenvalue weighted by Gasteiger charge is 2.12. The summed E-state index contributed by atoms with van der Waals surface area (Å²) in [5.74, 6) is 1.65. The maximum atomic E-state index is 5.30. The van der Waals surface area contributed by atoms with Gasteiger partial charge < -0.3 is 18.8 Å². The minimum absolute atomic E-state index is 0.466. The summed E-state index contributed by atoms with van der Waals surface area (Å²) in [6.07, 6.45) is 2.02. The highest BCUT2D eigenvalue weighted by atomic mass is 32.1. The number of aromatic nitrogens is 6. The minimum atomic E-state index is 0.466. The normalized spacial score (nSPS) is 11.1. The number of methoxy groups -OCH3 is 1. The van der Waals surface area contributed by atoms with Crippen LogP contribution in [0.4, 0.5) is 0 Å². The third-order valence-electron chi connectivity index (χ3n) is 2.84. The van der Waals surface area contributed by atoms with E-state index < -0.39 is 0 Å². The third-order valence-corrected chi connectivity index (χ3v) is 3.16. The fourth-order valence-corrected chi connectivity index (χ4v) is 2.24. The molecular weight excluding hydrogens is 280 g/mol. The van der Waals surface area contributed by atoms with Gasteiger partial charge in [-0.05, 0) is 19.1 Å². The molecule has 3 aromatic heterocycles. The van der Waals surface area contributed by atoms with Crippen LogP contribution in [0.15, 0.2) is 10.9 Å². The van der Waals surface area contributed by atoms with Crippen molar-refractivity contribution in [1.29, 1.82) is 0 Å². The summed E-state index contributed by atoms with van der Waals surface area (Å²) in [4.78, 5) is 15.5. The molecule has 0 spiro atoms. The van der Waals surface area contributed by atoms with Crippen LogP contribution >= 0.6 is 12.2 Å². The molecule has 0 unspecified atom stereocenters. The van der Waals surface area contributed by atoms with Gasteiger partial charge in [-0.25, -0.2) is 4.98 Å². The molecular formula is C11H12N6O2S. The van der Waals surface area contributed by atoms with Crippen molar-refractivity contribution in [3.63, 3.8) is 0 Å². The Bertz CT molecular complexity index is 805. The maximum absolute atomic E-state index is 5.30. The largest absolute Gasteiger partial charge is 0.479 e. The monoisotopic (exact) mass is 292 g/mol. The molecule has 3 rings (SSSR count). The van der Waals surface area contributed by atoms with E-state index in [4.69, 9.17) is 21.5 Å². The highest BCUT2D eigenvalue weighted by Crippen LogP contribution is 2.20. The van der Waals surface area contributed by atoms with E-state index in [0.717, 1.165) is 0 Å². The number of hydrogen-bond donors (Lipinski definition) is 1. The minimum Gasteiger partial charge on any atom is -0.479 e. The first-order chi connectivity index (χ1) is 9.69. The molecule has 0 aliphatic heterocycles. The first kappa shape index (κ1) is 12.7. The SMILES string of the molecule is COc1ncnc2c1[nH]c(=S)n2CCc1nc(C)no1. The molecule has 3 heterocycles. The van der Waals surface area contributed by atoms with Crippen molar-refractivity contribution in [2.45, 2.75) is 19.9 Å². The van der Waals surface area contributed by atoms with Gasteiger partial charge in [-0.1, -0.05) is 5.16 Å². The summed E-state index contributed by atoms with van der Waals surface area (Å²) in [6, 6.07) is 0. The number of nitrogens with one attached hydrogen (secondary N) is 1. The summed E-state index contributed by atoms with van der Waals surface area (Å²) in [5, 5.41) is 3.75. The first-order valence-electron chi connectivity index (χ1n) is 5.95. The highest BCUT2D eigenvalue weighted by molar-refractivity contribution is 7.71. The number of imidazole rings is 1. The van der Waals surface area contributed by atoms with Gasteiger partial charge in [0.05, 0.1) is 7.11 Å². The van der Waals surface area contributed by atoms with Gasteiger partial charge in [-0.15, -0.1) is 0 Å². The quantitative estimate of drug-likeness (QED) is 0.727. The van der Waals surface area contributed by atoms with Gasteiger partial charge in [0.2, 0.25) is 11.8 Å². The number of nitrogens with zero attached hydrogens (tertiary/aromatic N) is 5. The smallest absolute Gasteiger partial charge is 0.242 e. The van der Waals surface area contributed by atoms with E-state index in [1.807, 2.05) is 4.57 Å². The van der Waals surface area contributed by atoms with E-state index in [0.29, 0.717) is 46.5 Å². The Morgan fingerprint density at radius 1 is 1.45 bits per heavy atom. The van der Waals surface area contributed by atoms with Crippen LogP contribution < -0.4 is 4.74 Å². The molecule has 0 aromatic carbocycles. The van der Waals surface area contributed by atoms with Gasteiger partial charge in [-0.3, -0.25) is 0 Å². The number of rotatable bonds is 4. The van der Waals surface area contributed by atoms with Crippen LogP contribution in [0.1, 0.15) is 11.7 Å². The molecule has 0 saturated heterocycles. The lowest BCUT2D eigenvalue weighted by Crippen LogP contribution is -2.03. The van der Waals surface area contributed by atoms with Gasteiger partial charge in [0.1, 0.15) is 11.8 Å². The van der Waals surface area contributed by atoms with Crippen LogP contribution in [-0.2, 0) is 13.0 Å². The lowest BCUT2D eigenvalue weighted by atomic mass is 10.4. The molecule has 9 heteroatoms. The maximum Gasteiger partial charge on any atom is 0.242 e. The Balaban J connectivity index is 1.95. The van der Waals surface area contributed by atoms with Crippen LogP contribution in [0.5, 0.6) is 5.88 Å². The second-order valence-electron chi connectivity index (χ2n) is 4.15. The van der Waals surface area contributed by atoms with Crippen molar-refractivity contribution < 1.29 is 9.26 Å². The fourth-order valence-electron chi connectivity index (χ4n) is 1.96. The Morgan fingerprint density at radius 3 is 3.00 bits per heavy atom. The van der Waals surface area contributed by atoms with Crippen LogP contribution in [0.25, 0.3) is 11.2 Å². The van der Waals surface area contributed by atoms with Crippen LogP contribution in [0, 0.1) is 11.7 Å². The van der Waals surface area contributed by atoms with Gasteiger partial charge >= 0.3 is 0 Å². The molecule has 0 fully saturated rings. The lowest BCUT2D eigenvalue weighted by molar-refractivity contribution is 0.368. The van der Waals surface area contributed by atoms with Crippen molar-refractivity contribution in [2.75, 3.05) is 7.11 Å². The second-order valence-corrected chi connectivity index (χ2v) is 4.54. The molecule has 0 radical (unpaired) electrons. The predicted octanol–water partition coefficient (Wildman–Crippen LogP) is 1.43.